The Kier molecular flexibility index (Phi) is 26.4. The van der Waals surface area contributed by atoms with Crippen molar-refractivity contribution in [2.45, 2.75) is 172 Å². The maximum Gasteiger partial charge on any atom is 0.472 e. The summed E-state index contributed by atoms with van der Waals surface area (Å²) in [7, 11) is -5.11. The topological polar surface area (TPSA) is 210 Å². The fourth-order valence-electron chi connectivity index (χ4n) is 5.35. The van der Waals surface area contributed by atoms with E-state index in [-0.39, 0.29) is 12.8 Å². The van der Waals surface area contributed by atoms with E-state index in [1.807, 2.05) is 0 Å². The number of carbonyl (C=O) groups is 2. The van der Waals surface area contributed by atoms with Gasteiger partial charge in [-0.2, -0.15) is 0 Å². The lowest BCUT2D eigenvalue weighted by Crippen LogP contribution is -2.64. The molecule has 14 heteroatoms. The van der Waals surface area contributed by atoms with Crippen molar-refractivity contribution in [3.63, 3.8) is 0 Å². The number of carbonyl (C=O) groups excluding carboxylic acids is 2. The van der Waals surface area contributed by atoms with Gasteiger partial charge in [0.2, 0.25) is 0 Å². The van der Waals surface area contributed by atoms with E-state index < -0.39 is 75.7 Å². The van der Waals surface area contributed by atoms with Crippen molar-refractivity contribution in [3.05, 3.63) is 36.5 Å². The number of esters is 2. The van der Waals surface area contributed by atoms with Gasteiger partial charge < -0.3 is 39.9 Å². The van der Waals surface area contributed by atoms with E-state index >= 15 is 0 Å². The molecule has 0 radical (unpaired) electrons. The van der Waals surface area contributed by atoms with Crippen molar-refractivity contribution in [2.24, 2.45) is 0 Å². The smallest absolute Gasteiger partial charge is 0.462 e. The largest absolute Gasteiger partial charge is 0.472 e. The van der Waals surface area contributed by atoms with Crippen molar-refractivity contribution >= 4 is 19.8 Å². The Balaban J connectivity index is 2.55. The molecular weight excluding hydrogens is 683 g/mol. The minimum Gasteiger partial charge on any atom is -0.462 e. The number of unbranched alkanes of at least 4 members (excludes halogenated alkanes) is 11. The molecule has 1 aliphatic rings. The molecule has 0 aliphatic heterocycles. The van der Waals surface area contributed by atoms with Crippen LogP contribution in [0.15, 0.2) is 36.5 Å². The average Bonchev–Trinajstić information content (AvgIpc) is 3.10. The molecule has 0 spiro atoms. The maximum absolute atomic E-state index is 12.7. The molecule has 0 bridgehead atoms. The number of aliphatic hydroxyl groups excluding tert-OH is 5. The van der Waals surface area contributed by atoms with Gasteiger partial charge in [-0.15, -0.1) is 0 Å². The van der Waals surface area contributed by atoms with Gasteiger partial charge in [-0.3, -0.25) is 18.6 Å². The van der Waals surface area contributed by atoms with Crippen LogP contribution in [-0.4, -0.2) is 98.3 Å². The molecule has 13 nitrogen and oxygen atoms in total. The zero-order chi connectivity index (χ0) is 37.9. The highest BCUT2D eigenvalue weighted by atomic mass is 31.2. The van der Waals surface area contributed by atoms with Gasteiger partial charge in [-0.1, -0.05) is 102 Å². The fourth-order valence-corrected chi connectivity index (χ4v) is 6.32. The molecule has 6 N–H and O–H groups in total. The molecule has 1 fully saturated rings. The SMILES string of the molecule is CCCCC/C=C/C/C=C/C/C=C/CCCCC(=O)OC[C@@H](COP(=O)(O)OC1C(O)C(O)C(O)[C@H](O)C1O)OC(=O)CCCCCCCCC. The summed E-state index contributed by atoms with van der Waals surface area (Å²) in [5, 5.41) is 49.8. The molecule has 51 heavy (non-hydrogen) atoms. The van der Waals surface area contributed by atoms with Gasteiger partial charge in [-0.05, 0) is 51.4 Å². The molecule has 0 saturated heterocycles. The molecule has 8 atom stereocenters. The van der Waals surface area contributed by atoms with Gasteiger partial charge in [0, 0.05) is 12.8 Å². The van der Waals surface area contributed by atoms with E-state index in [2.05, 4.69) is 50.3 Å². The van der Waals surface area contributed by atoms with Crippen molar-refractivity contribution < 1.29 is 63.1 Å². The number of hydrogen-bond donors (Lipinski definition) is 6. The summed E-state index contributed by atoms with van der Waals surface area (Å²) in [6.45, 7) is 3.13. The van der Waals surface area contributed by atoms with Crippen LogP contribution in [0.4, 0.5) is 0 Å². The van der Waals surface area contributed by atoms with Crippen LogP contribution in [-0.2, 0) is 32.7 Å². The van der Waals surface area contributed by atoms with E-state index in [1.165, 1.54) is 19.3 Å². The summed E-state index contributed by atoms with van der Waals surface area (Å²) < 4.78 is 33.1. The summed E-state index contributed by atoms with van der Waals surface area (Å²) in [6, 6.07) is 0. The summed E-state index contributed by atoms with van der Waals surface area (Å²) in [4.78, 5) is 35.2. The minimum absolute atomic E-state index is 0.0869. The lowest BCUT2D eigenvalue weighted by atomic mass is 9.85. The molecule has 0 aromatic carbocycles. The molecule has 1 saturated carbocycles. The Morgan fingerprint density at radius 3 is 1.65 bits per heavy atom. The summed E-state index contributed by atoms with van der Waals surface area (Å²) in [6.07, 6.45) is 15.4. The molecule has 0 heterocycles. The van der Waals surface area contributed by atoms with Gasteiger partial charge in [0.05, 0.1) is 6.61 Å². The van der Waals surface area contributed by atoms with Gasteiger partial charge >= 0.3 is 19.8 Å². The third-order valence-corrected chi connectivity index (χ3v) is 9.47. The normalized spacial score (nSPS) is 24.3. The second-order valence-electron chi connectivity index (χ2n) is 13.1. The van der Waals surface area contributed by atoms with Crippen LogP contribution in [0.1, 0.15) is 129 Å². The summed E-state index contributed by atoms with van der Waals surface area (Å²) >= 11 is 0. The zero-order valence-electron chi connectivity index (χ0n) is 30.6. The molecular formula is C37H65O13P. The van der Waals surface area contributed by atoms with Crippen LogP contribution in [0.25, 0.3) is 0 Å². The van der Waals surface area contributed by atoms with Crippen molar-refractivity contribution in [1.82, 2.24) is 0 Å². The minimum atomic E-state index is -5.11. The van der Waals surface area contributed by atoms with Gasteiger partial charge in [0.25, 0.3) is 0 Å². The van der Waals surface area contributed by atoms with Gasteiger partial charge in [0.1, 0.15) is 43.2 Å². The molecule has 0 aromatic rings. The number of hydrogen-bond acceptors (Lipinski definition) is 12. The predicted molar refractivity (Wildman–Crippen MR) is 193 cm³/mol. The first-order valence-corrected chi connectivity index (χ1v) is 20.3. The average molecular weight is 749 g/mol. The Bertz CT molecular complexity index is 1050. The van der Waals surface area contributed by atoms with Crippen LogP contribution >= 0.6 is 7.82 Å². The van der Waals surface area contributed by atoms with E-state index in [0.717, 1.165) is 70.6 Å². The number of ether oxygens (including phenoxy) is 2. The Labute approximate surface area is 304 Å². The van der Waals surface area contributed by atoms with Crippen molar-refractivity contribution in [1.29, 1.82) is 0 Å². The highest BCUT2D eigenvalue weighted by Gasteiger charge is 2.51. The van der Waals surface area contributed by atoms with Crippen LogP contribution in [0.2, 0.25) is 0 Å². The van der Waals surface area contributed by atoms with E-state index in [4.69, 9.17) is 18.5 Å². The van der Waals surface area contributed by atoms with Crippen LogP contribution in [0.5, 0.6) is 0 Å². The second-order valence-corrected chi connectivity index (χ2v) is 14.5. The van der Waals surface area contributed by atoms with E-state index in [1.54, 1.807) is 0 Å². The predicted octanol–water partition coefficient (Wildman–Crippen LogP) is 5.49. The molecule has 1 rings (SSSR count). The quantitative estimate of drug-likeness (QED) is 0.0242. The third-order valence-electron chi connectivity index (χ3n) is 8.48. The first-order valence-electron chi connectivity index (χ1n) is 18.8. The first kappa shape index (κ1) is 47.1. The van der Waals surface area contributed by atoms with E-state index in [9.17, 15) is 44.6 Å². The molecule has 296 valence electrons. The Morgan fingerprint density at radius 1 is 0.608 bits per heavy atom. The molecule has 1 aliphatic carbocycles. The third kappa shape index (κ3) is 22.0. The maximum atomic E-state index is 12.7. The fraction of sp³-hybridized carbons (Fsp3) is 0.784. The number of rotatable bonds is 29. The monoisotopic (exact) mass is 748 g/mol. The lowest BCUT2D eigenvalue weighted by molar-refractivity contribution is -0.220. The number of allylic oxidation sites excluding steroid dienone is 6. The number of phosphoric acid groups is 1. The summed E-state index contributed by atoms with van der Waals surface area (Å²) in [5.41, 5.74) is 0. The van der Waals surface area contributed by atoms with Gasteiger partial charge in [-0.25, -0.2) is 4.57 Å². The van der Waals surface area contributed by atoms with Crippen LogP contribution in [0, 0.1) is 0 Å². The Hall–Kier alpha value is -1.93. The standard InChI is InChI=1S/C37H65O13P/c1-3-5-7-9-11-12-13-14-15-16-17-18-20-21-23-25-30(38)47-27-29(49-31(39)26-24-22-19-10-8-6-4-2)28-48-51(45,46)50-37-35(43)33(41)32(40)34(42)36(37)44/h11-12,14-15,17-18,29,32-37,40-44H,3-10,13,16,19-28H2,1-2H3,(H,45,46)/b12-11+,15-14+,18-17+/t29-,32?,33-,34?,35?,36?,37?/m0/s1. The molecule has 6 unspecified atom stereocenters. The van der Waals surface area contributed by atoms with E-state index in [0.29, 0.717) is 12.8 Å². The summed E-state index contributed by atoms with van der Waals surface area (Å²) in [5.74, 6) is -1.16. The van der Waals surface area contributed by atoms with Crippen molar-refractivity contribution in [3.8, 4) is 0 Å². The second kappa shape index (κ2) is 28.6. The highest BCUT2D eigenvalue weighted by molar-refractivity contribution is 7.47. The highest BCUT2D eigenvalue weighted by Crippen LogP contribution is 2.47. The zero-order valence-corrected chi connectivity index (χ0v) is 31.5. The number of phosphoric ester groups is 1. The van der Waals surface area contributed by atoms with Gasteiger partial charge in [0.15, 0.2) is 6.10 Å². The van der Waals surface area contributed by atoms with Crippen LogP contribution in [0.3, 0.4) is 0 Å². The van der Waals surface area contributed by atoms with Crippen LogP contribution < -0.4 is 0 Å². The lowest BCUT2D eigenvalue weighted by Gasteiger charge is -2.41. The van der Waals surface area contributed by atoms with Crippen molar-refractivity contribution in [2.75, 3.05) is 13.2 Å². The number of aliphatic hydroxyl groups is 5. The molecule has 0 aromatic heterocycles. The first-order chi connectivity index (χ1) is 24.4. The Morgan fingerprint density at radius 2 is 1.06 bits per heavy atom. The molecule has 0 amide bonds.